The molecule has 0 aliphatic carbocycles. The number of halogens is 1. The van der Waals surface area contributed by atoms with Crippen molar-refractivity contribution in [1.29, 1.82) is 0 Å². The van der Waals surface area contributed by atoms with Gasteiger partial charge >= 0.3 is 0 Å². The van der Waals surface area contributed by atoms with Crippen molar-refractivity contribution in [3.63, 3.8) is 0 Å². The molecule has 2 rings (SSSR count). The quantitative estimate of drug-likeness (QED) is 0.694. The molecule has 0 aliphatic heterocycles. The minimum absolute atomic E-state index is 0.0817. The second-order valence-corrected chi connectivity index (χ2v) is 5.25. The van der Waals surface area contributed by atoms with Gasteiger partial charge in [-0.2, -0.15) is 0 Å². The Kier molecular flexibility index (Phi) is 4.73. The van der Waals surface area contributed by atoms with Crippen LogP contribution in [0.3, 0.4) is 0 Å². The van der Waals surface area contributed by atoms with Gasteiger partial charge in [0, 0.05) is 12.0 Å². The summed E-state index contributed by atoms with van der Waals surface area (Å²) in [6, 6.07) is 11.9. The summed E-state index contributed by atoms with van der Waals surface area (Å²) in [7, 11) is 0. The predicted octanol–water partition coefficient (Wildman–Crippen LogP) is 5.33. The summed E-state index contributed by atoms with van der Waals surface area (Å²) >= 11 is 0. The maximum absolute atomic E-state index is 14.0. The van der Waals surface area contributed by atoms with Gasteiger partial charge in [0.15, 0.2) is 17.3 Å². The van der Waals surface area contributed by atoms with Crippen molar-refractivity contribution in [3.8, 4) is 11.5 Å². The lowest BCUT2D eigenvalue weighted by Gasteiger charge is -2.10. The molecule has 0 saturated heterocycles. The number of hydrogen-bond acceptors (Lipinski definition) is 2. The Balaban J connectivity index is 2.18. The highest BCUT2D eigenvalue weighted by Gasteiger charge is 2.10. The van der Waals surface area contributed by atoms with Crippen LogP contribution in [-0.2, 0) is 0 Å². The molecule has 0 unspecified atom stereocenters. The molecule has 110 valence electrons. The molecule has 0 heterocycles. The van der Waals surface area contributed by atoms with Crippen LogP contribution in [0.2, 0.25) is 0 Å². The summed E-state index contributed by atoms with van der Waals surface area (Å²) in [5.74, 6) is 0.534. The molecule has 0 bridgehead atoms. The zero-order chi connectivity index (χ0) is 15.4. The van der Waals surface area contributed by atoms with Crippen LogP contribution in [0.25, 0.3) is 0 Å². The third kappa shape index (κ3) is 3.69. The van der Waals surface area contributed by atoms with E-state index in [4.69, 9.17) is 4.74 Å². The maximum Gasteiger partial charge on any atom is 0.166 e. The summed E-state index contributed by atoms with van der Waals surface area (Å²) in [6.07, 6.45) is 0.357. The zero-order valence-corrected chi connectivity index (χ0v) is 12.5. The van der Waals surface area contributed by atoms with E-state index in [1.54, 1.807) is 13.0 Å². The van der Waals surface area contributed by atoms with E-state index in [0.717, 1.165) is 0 Å². The van der Waals surface area contributed by atoms with Gasteiger partial charge < -0.3 is 4.74 Å². The van der Waals surface area contributed by atoms with Crippen molar-refractivity contribution in [3.05, 3.63) is 59.4 Å². The van der Waals surface area contributed by atoms with E-state index in [1.165, 1.54) is 17.7 Å². The van der Waals surface area contributed by atoms with Gasteiger partial charge in [-0.3, -0.25) is 4.79 Å². The Bertz CT molecular complexity index is 630. The minimum atomic E-state index is -0.526. The summed E-state index contributed by atoms with van der Waals surface area (Å²) < 4.78 is 19.5. The molecule has 0 radical (unpaired) electrons. The Hall–Kier alpha value is -2.16. The maximum atomic E-state index is 14.0. The average molecular weight is 286 g/mol. The van der Waals surface area contributed by atoms with Crippen LogP contribution < -0.4 is 4.74 Å². The van der Waals surface area contributed by atoms with Gasteiger partial charge in [-0.05, 0) is 41.8 Å². The normalized spacial score (nSPS) is 10.7. The topological polar surface area (TPSA) is 26.3 Å². The van der Waals surface area contributed by atoms with E-state index in [-0.39, 0.29) is 11.5 Å². The predicted molar refractivity (Wildman–Crippen MR) is 81.6 cm³/mol. The molecule has 0 atom stereocenters. The van der Waals surface area contributed by atoms with Crippen LogP contribution in [0.4, 0.5) is 4.39 Å². The highest BCUT2D eigenvalue weighted by Crippen LogP contribution is 2.27. The number of rotatable bonds is 5. The van der Waals surface area contributed by atoms with Crippen LogP contribution in [0.15, 0.2) is 42.5 Å². The fourth-order valence-corrected chi connectivity index (χ4v) is 2.01. The highest BCUT2D eigenvalue weighted by atomic mass is 19.1. The fraction of sp³-hybridized carbons (Fsp3) is 0.278. The van der Waals surface area contributed by atoms with Crippen molar-refractivity contribution in [2.24, 2.45) is 0 Å². The molecule has 2 nitrogen and oxygen atoms in total. The van der Waals surface area contributed by atoms with E-state index in [9.17, 15) is 9.18 Å². The molecule has 0 fully saturated rings. The van der Waals surface area contributed by atoms with Crippen LogP contribution in [0.1, 0.15) is 49.0 Å². The van der Waals surface area contributed by atoms with Crippen molar-refractivity contribution >= 4 is 5.78 Å². The van der Waals surface area contributed by atoms with Gasteiger partial charge in [-0.1, -0.05) is 32.9 Å². The van der Waals surface area contributed by atoms with Crippen molar-refractivity contribution in [2.75, 3.05) is 0 Å². The second kappa shape index (κ2) is 6.53. The third-order valence-corrected chi connectivity index (χ3v) is 3.35. The van der Waals surface area contributed by atoms with Crippen molar-refractivity contribution in [2.45, 2.75) is 33.1 Å². The molecule has 0 saturated carbocycles. The Morgan fingerprint density at radius 2 is 1.81 bits per heavy atom. The van der Waals surface area contributed by atoms with Crippen LogP contribution in [0.5, 0.6) is 11.5 Å². The first-order valence-corrected chi connectivity index (χ1v) is 7.11. The van der Waals surface area contributed by atoms with E-state index >= 15 is 0 Å². The SMILES string of the molecule is CCC(=O)c1ccc(Oc2ccc(C(C)C)cc2)c(F)c1. The molecule has 2 aromatic carbocycles. The lowest BCUT2D eigenvalue weighted by molar-refractivity contribution is 0.0987. The van der Waals surface area contributed by atoms with E-state index in [0.29, 0.717) is 23.7 Å². The first-order valence-electron chi connectivity index (χ1n) is 7.11. The zero-order valence-electron chi connectivity index (χ0n) is 12.5. The summed E-state index contributed by atoms with van der Waals surface area (Å²) in [5.41, 5.74) is 1.57. The van der Waals surface area contributed by atoms with Gasteiger partial charge in [-0.25, -0.2) is 4.39 Å². The molecule has 0 aromatic heterocycles. The molecular formula is C18H19FO2. The third-order valence-electron chi connectivity index (χ3n) is 3.35. The van der Waals surface area contributed by atoms with Crippen LogP contribution >= 0.6 is 0 Å². The number of ketones is 1. The van der Waals surface area contributed by atoms with E-state index < -0.39 is 5.82 Å². The Morgan fingerprint density at radius 3 is 2.33 bits per heavy atom. The van der Waals surface area contributed by atoms with Gasteiger partial charge in [0.2, 0.25) is 0 Å². The molecule has 2 aromatic rings. The Morgan fingerprint density at radius 1 is 1.14 bits per heavy atom. The number of carbonyl (C=O) groups excluding carboxylic acids is 1. The fourth-order valence-electron chi connectivity index (χ4n) is 2.01. The first kappa shape index (κ1) is 15.2. The molecule has 3 heteroatoms. The van der Waals surface area contributed by atoms with E-state index in [2.05, 4.69) is 13.8 Å². The first-order chi connectivity index (χ1) is 10.0. The highest BCUT2D eigenvalue weighted by molar-refractivity contribution is 5.95. The standard InChI is InChI=1S/C18H19FO2/c1-4-17(20)14-7-10-18(16(19)11-14)21-15-8-5-13(6-9-15)12(2)3/h5-12H,4H2,1-3H3. The molecular weight excluding hydrogens is 267 g/mol. The molecule has 0 N–H and O–H groups in total. The lowest BCUT2D eigenvalue weighted by Crippen LogP contribution is -1.98. The monoisotopic (exact) mass is 286 g/mol. The molecule has 0 spiro atoms. The number of Topliss-reactive ketones (excluding diaryl/α,β-unsaturated/α-hetero) is 1. The number of ether oxygens (including phenoxy) is 1. The van der Waals surface area contributed by atoms with Crippen molar-refractivity contribution in [1.82, 2.24) is 0 Å². The summed E-state index contributed by atoms with van der Waals surface area (Å²) in [4.78, 5) is 11.5. The summed E-state index contributed by atoms with van der Waals surface area (Å²) in [5, 5.41) is 0. The van der Waals surface area contributed by atoms with Gasteiger partial charge in [0.05, 0.1) is 0 Å². The van der Waals surface area contributed by atoms with Gasteiger partial charge in [-0.15, -0.1) is 0 Å². The van der Waals surface area contributed by atoms with Crippen LogP contribution in [-0.4, -0.2) is 5.78 Å². The molecule has 21 heavy (non-hydrogen) atoms. The molecule has 0 aliphatic rings. The molecule has 0 amide bonds. The lowest BCUT2D eigenvalue weighted by atomic mass is 10.0. The Labute approximate surface area is 124 Å². The number of hydrogen-bond donors (Lipinski definition) is 0. The smallest absolute Gasteiger partial charge is 0.166 e. The minimum Gasteiger partial charge on any atom is -0.454 e. The van der Waals surface area contributed by atoms with Gasteiger partial charge in [0.1, 0.15) is 5.75 Å². The average Bonchev–Trinajstić information content (AvgIpc) is 2.49. The van der Waals surface area contributed by atoms with E-state index in [1.807, 2.05) is 24.3 Å². The van der Waals surface area contributed by atoms with Crippen molar-refractivity contribution < 1.29 is 13.9 Å². The number of carbonyl (C=O) groups is 1. The van der Waals surface area contributed by atoms with Crippen LogP contribution in [0, 0.1) is 5.82 Å². The largest absolute Gasteiger partial charge is 0.454 e. The number of benzene rings is 2. The second-order valence-electron chi connectivity index (χ2n) is 5.25. The summed E-state index contributed by atoms with van der Waals surface area (Å²) in [6.45, 7) is 5.97. The van der Waals surface area contributed by atoms with Gasteiger partial charge in [0.25, 0.3) is 0 Å².